The Bertz CT molecular complexity index is 509. The fourth-order valence-corrected chi connectivity index (χ4v) is 3.82. The fraction of sp³-hybridized carbons (Fsp3) is 0.533. The first-order valence-corrected chi connectivity index (χ1v) is 7.71. The number of halogens is 1. The molecule has 1 aromatic carbocycles. The Balaban J connectivity index is 1.89. The second-order valence-corrected chi connectivity index (χ2v) is 6.58. The highest BCUT2D eigenvalue weighted by Crippen LogP contribution is 2.42. The first kappa shape index (κ1) is 13.1. The highest BCUT2D eigenvalue weighted by molar-refractivity contribution is 9.10. The number of carbonyl (C=O) groups excluding carboxylic acids is 1. The molecule has 4 heteroatoms. The van der Waals surface area contributed by atoms with E-state index in [1.165, 1.54) is 0 Å². The molecule has 19 heavy (non-hydrogen) atoms. The van der Waals surface area contributed by atoms with Gasteiger partial charge in [0.25, 0.3) is 0 Å². The first-order valence-electron chi connectivity index (χ1n) is 6.91. The number of nitrogens with zero attached hydrogens (tertiary/aromatic N) is 1. The summed E-state index contributed by atoms with van der Waals surface area (Å²) in [7, 11) is 0. The summed E-state index contributed by atoms with van der Waals surface area (Å²) in [6.45, 7) is 4.87. The lowest BCUT2D eigenvalue weighted by Crippen LogP contribution is -2.42. The Morgan fingerprint density at radius 2 is 2.00 bits per heavy atom. The normalized spacial score (nSPS) is 22.2. The largest absolute Gasteiger partial charge is 0.317 e. The maximum atomic E-state index is 12.8. The van der Waals surface area contributed by atoms with E-state index in [-0.39, 0.29) is 5.41 Å². The van der Waals surface area contributed by atoms with Crippen molar-refractivity contribution in [3.8, 4) is 0 Å². The molecule has 1 N–H and O–H groups in total. The smallest absolute Gasteiger partial charge is 0.233 e. The van der Waals surface area contributed by atoms with Gasteiger partial charge in [0.2, 0.25) is 5.91 Å². The van der Waals surface area contributed by atoms with Crippen molar-refractivity contribution < 1.29 is 4.79 Å². The minimum absolute atomic E-state index is 0.0925. The number of piperidine rings is 1. The van der Waals surface area contributed by atoms with Crippen LogP contribution in [0.1, 0.15) is 24.8 Å². The molecular formula is C15H19BrN2O. The summed E-state index contributed by atoms with van der Waals surface area (Å²) in [4.78, 5) is 14.8. The molecule has 2 fully saturated rings. The van der Waals surface area contributed by atoms with Crippen LogP contribution in [0.25, 0.3) is 0 Å². The molecule has 1 spiro atoms. The predicted octanol–water partition coefficient (Wildman–Crippen LogP) is 2.86. The molecule has 3 rings (SSSR count). The van der Waals surface area contributed by atoms with Crippen molar-refractivity contribution in [1.82, 2.24) is 5.32 Å². The predicted molar refractivity (Wildman–Crippen MR) is 80.4 cm³/mol. The van der Waals surface area contributed by atoms with Crippen LogP contribution in [-0.4, -0.2) is 25.5 Å². The molecule has 1 amide bonds. The van der Waals surface area contributed by atoms with Crippen molar-refractivity contribution in [2.75, 3.05) is 24.5 Å². The molecule has 2 saturated heterocycles. The molecule has 0 saturated carbocycles. The van der Waals surface area contributed by atoms with Gasteiger partial charge in [-0.05, 0) is 63.0 Å². The van der Waals surface area contributed by atoms with Gasteiger partial charge in [0, 0.05) is 16.7 Å². The van der Waals surface area contributed by atoms with E-state index in [4.69, 9.17) is 0 Å². The average molecular weight is 323 g/mol. The zero-order valence-electron chi connectivity index (χ0n) is 11.2. The Kier molecular flexibility index (Phi) is 3.39. The van der Waals surface area contributed by atoms with Crippen LogP contribution in [0.4, 0.5) is 5.69 Å². The van der Waals surface area contributed by atoms with Crippen LogP contribution < -0.4 is 10.2 Å². The molecule has 0 bridgehead atoms. The number of amides is 1. The Morgan fingerprint density at radius 1 is 1.26 bits per heavy atom. The third kappa shape index (κ3) is 2.21. The minimum Gasteiger partial charge on any atom is -0.317 e. The summed E-state index contributed by atoms with van der Waals surface area (Å²) >= 11 is 3.48. The maximum Gasteiger partial charge on any atom is 0.233 e. The van der Waals surface area contributed by atoms with Crippen molar-refractivity contribution in [3.63, 3.8) is 0 Å². The molecule has 2 heterocycles. The molecule has 2 aliphatic rings. The third-order valence-electron chi connectivity index (χ3n) is 4.52. The van der Waals surface area contributed by atoms with Crippen molar-refractivity contribution >= 4 is 27.5 Å². The quantitative estimate of drug-likeness (QED) is 0.862. The van der Waals surface area contributed by atoms with E-state index in [2.05, 4.69) is 40.3 Å². The monoisotopic (exact) mass is 322 g/mol. The second-order valence-electron chi connectivity index (χ2n) is 5.67. The van der Waals surface area contributed by atoms with E-state index in [1.54, 1.807) is 0 Å². The van der Waals surface area contributed by atoms with Crippen molar-refractivity contribution in [3.05, 3.63) is 28.2 Å². The Morgan fingerprint density at radius 3 is 2.68 bits per heavy atom. The van der Waals surface area contributed by atoms with Gasteiger partial charge in [0.05, 0.1) is 5.41 Å². The van der Waals surface area contributed by atoms with Gasteiger partial charge >= 0.3 is 0 Å². The van der Waals surface area contributed by atoms with E-state index in [0.29, 0.717) is 5.91 Å². The zero-order valence-corrected chi connectivity index (χ0v) is 12.8. The number of hydrogen-bond donors (Lipinski definition) is 1. The van der Waals surface area contributed by atoms with E-state index >= 15 is 0 Å². The summed E-state index contributed by atoms with van der Waals surface area (Å²) < 4.78 is 1.07. The first-order chi connectivity index (χ1) is 9.12. The van der Waals surface area contributed by atoms with Crippen LogP contribution >= 0.6 is 15.9 Å². The van der Waals surface area contributed by atoms with Crippen LogP contribution in [-0.2, 0) is 4.79 Å². The molecule has 0 unspecified atom stereocenters. The van der Waals surface area contributed by atoms with Crippen LogP contribution in [0.2, 0.25) is 0 Å². The number of benzene rings is 1. The van der Waals surface area contributed by atoms with Gasteiger partial charge in [-0.15, -0.1) is 0 Å². The van der Waals surface area contributed by atoms with Crippen LogP contribution in [0, 0.1) is 12.3 Å². The van der Waals surface area contributed by atoms with Gasteiger partial charge in [-0.2, -0.15) is 0 Å². The van der Waals surface area contributed by atoms with Gasteiger partial charge in [-0.25, -0.2) is 0 Å². The van der Waals surface area contributed by atoms with Crippen LogP contribution in [0.3, 0.4) is 0 Å². The molecule has 0 aromatic heterocycles. The van der Waals surface area contributed by atoms with E-state index in [9.17, 15) is 4.79 Å². The molecule has 2 aliphatic heterocycles. The lowest BCUT2D eigenvalue weighted by molar-refractivity contribution is -0.126. The van der Waals surface area contributed by atoms with Gasteiger partial charge < -0.3 is 10.2 Å². The molecular weight excluding hydrogens is 304 g/mol. The summed E-state index contributed by atoms with van der Waals surface area (Å²) in [6.07, 6.45) is 2.97. The number of anilines is 1. The molecule has 3 nitrogen and oxygen atoms in total. The van der Waals surface area contributed by atoms with Crippen LogP contribution in [0.15, 0.2) is 22.7 Å². The number of rotatable bonds is 1. The average Bonchev–Trinajstić information content (AvgIpc) is 2.69. The Labute approximate surface area is 122 Å². The molecule has 0 radical (unpaired) electrons. The number of carbonyl (C=O) groups is 1. The van der Waals surface area contributed by atoms with Gasteiger partial charge in [-0.3, -0.25) is 4.79 Å². The summed E-state index contributed by atoms with van der Waals surface area (Å²) in [5.41, 5.74) is 2.14. The third-order valence-corrected chi connectivity index (χ3v) is 5.02. The molecule has 0 aliphatic carbocycles. The lowest BCUT2D eigenvalue weighted by atomic mass is 9.77. The lowest BCUT2D eigenvalue weighted by Gasteiger charge is -2.32. The number of hydrogen-bond acceptors (Lipinski definition) is 2. The highest BCUT2D eigenvalue weighted by Gasteiger charge is 2.47. The molecule has 0 atom stereocenters. The minimum atomic E-state index is -0.0925. The van der Waals surface area contributed by atoms with Crippen molar-refractivity contribution in [2.24, 2.45) is 5.41 Å². The van der Waals surface area contributed by atoms with Crippen LogP contribution in [0.5, 0.6) is 0 Å². The highest BCUT2D eigenvalue weighted by atomic mass is 79.9. The maximum absolute atomic E-state index is 12.8. The van der Waals surface area contributed by atoms with Gasteiger partial charge in [-0.1, -0.05) is 15.9 Å². The van der Waals surface area contributed by atoms with Crippen molar-refractivity contribution in [2.45, 2.75) is 26.2 Å². The van der Waals surface area contributed by atoms with Gasteiger partial charge in [0.15, 0.2) is 0 Å². The second kappa shape index (κ2) is 4.91. The fourth-order valence-electron chi connectivity index (χ4n) is 3.34. The summed E-state index contributed by atoms with van der Waals surface area (Å²) in [6, 6.07) is 6.15. The SMILES string of the molecule is Cc1cc(Br)ccc1N1CCC2(CCNCC2)C1=O. The molecule has 102 valence electrons. The Hall–Kier alpha value is -0.870. The summed E-state index contributed by atoms with van der Waals surface area (Å²) in [5, 5.41) is 3.35. The standard InChI is InChI=1S/C15H19BrN2O/c1-11-10-12(16)2-3-13(11)18-9-6-15(14(18)19)4-7-17-8-5-15/h2-3,10,17H,4-9H2,1H3. The van der Waals surface area contributed by atoms with E-state index in [0.717, 1.165) is 54.6 Å². The zero-order chi connectivity index (χ0) is 13.5. The van der Waals surface area contributed by atoms with Gasteiger partial charge in [0.1, 0.15) is 0 Å². The van der Waals surface area contributed by atoms with Crippen molar-refractivity contribution in [1.29, 1.82) is 0 Å². The topological polar surface area (TPSA) is 32.3 Å². The number of nitrogens with one attached hydrogen (secondary N) is 1. The molecule has 1 aromatic rings. The number of aryl methyl sites for hydroxylation is 1. The summed E-state index contributed by atoms with van der Waals surface area (Å²) in [5.74, 6) is 0.333. The van der Waals surface area contributed by atoms with E-state index in [1.807, 2.05) is 11.0 Å². The van der Waals surface area contributed by atoms with E-state index < -0.39 is 0 Å².